The number of unbranched alkanes of at least 4 members (excludes halogenated alkanes) is 3. The van der Waals surface area contributed by atoms with Gasteiger partial charge in [0.05, 0.1) is 0 Å². The fourth-order valence-corrected chi connectivity index (χ4v) is 3.70. The number of benzene rings is 2. The predicted octanol–water partition coefficient (Wildman–Crippen LogP) is 6.94. The average molecular weight is 396 g/mol. The molecule has 0 bridgehead atoms. The quantitative estimate of drug-likeness (QED) is 0.312. The van der Waals surface area contributed by atoms with Crippen LogP contribution in [0.15, 0.2) is 42.5 Å². The van der Waals surface area contributed by atoms with Crippen LogP contribution in [-0.2, 0) is 19.3 Å². The van der Waals surface area contributed by atoms with Gasteiger partial charge in [-0.3, -0.25) is 9.59 Å². The Morgan fingerprint density at radius 1 is 0.655 bits per heavy atom. The van der Waals surface area contributed by atoms with Gasteiger partial charge in [0.2, 0.25) is 11.6 Å². The molecular formula is C26H37NO2. The highest BCUT2D eigenvalue weighted by atomic mass is 16.2. The van der Waals surface area contributed by atoms with Crippen LogP contribution in [0.5, 0.6) is 0 Å². The third kappa shape index (κ3) is 6.64. The highest BCUT2D eigenvalue weighted by molar-refractivity contribution is 6.49. The second kappa shape index (κ2) is 13.1. The molecule has 0 amide bonds. The largest absolute Gasteiger partial charge is 0.344 e. The zero-order valence-corrected chi connectivity index (χ0v) is 18.4. The summed E-state index contributed by atoms with van der Waals surface area (Å²) in [6, 6.07) is 12.9. The van der Waals surface area contributed by atoms with E-state index in [-0.39, 0.29) is 11.9 Å². The first-order valence-corrected chi connectivity index (χ1v) is 10.9. The van der Waals surface area contributed by atoms with E-state index in [9.17, 15) is 9.59 Å². The molecule has 0 radical (unpaired) electrons. The van der Waals surface area contributed by atoms with Crippen LogP contribution in [0.4, 0.5) is 0 Å². The van der Waals surface area contributed by atoms with Gasteiger partial charge in [0, 0.05) is 11.1 Å². The molecule has 0 aromatic heterocycles. The molecule has 0 saturated heterocycles. The SMILES string of the molecule is CCCCc1ccc(C(=O)C(=O)c2ccccc2)c(CCCC)c1CCCC.N. The van der Waals surface area contributed by atoms with Crippen LogP contribution in [-0.4, -0.2) is 11.6 Å². The van der Waals surface area contributed by atoms with Crippen molar-refractivity contribution >= 4 is 11.6 Å². The van der Waals surface area contributed by atoms with Gasteiger partial charge < -0.3 is 6.15 Å². The molecule has 0 atom stereocenters. The molecule has 0 saturated carbocycles. The van der Waals surface area contributed by atoms with Crippen molar-refractivity contribution in [3.05, 3.63) is 70.3 Å². The predicted molar refractivity (Wildman–Crippen MR) is 122 cm³/mol. The zero-order chi connectivity index (χ0) is 20.4. The molecule has 0 aliphatic rings. The number of Topliss-reactive ketones (excluding diaryl/α,β-unsaturated/α-hetero) is 2. The number of ketones is 2. The molecule has 0 fully saturated rings. The molecular weight excluding hydrogens is 358 g/mol. The second-order valence-corrected chi connectivity index (χ2v) is 7.56. The second-order valence-electron chi connectivity index (χ2n) is 7.56. The van der Waals surface area contributed by atoms with E-state index in [1.54, 1.807) is 24.3 Å². The highest BCUT2D eigenvalue weighted by Crippen LogP contribution is 2.26. The summed E-state index contributed by atoms with van der Waals surface area (Å²) >= 11 is 0. The molecule has 0 heterocycles. The van der Waals surface area contributed by atoms with Gasteiger partial charge in [-0.25, -0.2) is 0 Å². The molecule has 2 rings (SSSR count). The fourth-order valence-electron chi connectivity index (χ4n) is 3.70. The van der Waals surface area contributed by atoms with E-state index in [4.69, 9.17) is 0 Å². The molecule has 0 unspecified atom stereocenters. The van der Waals surface area contributed by atoms with Crippen molar-refractivity contribution in [1.29, 1.82) is 0 Å². The van der Waals surface area contributed by atoms with Crippen LogP contribution in [0.3, 0.4) is 0 Å². The Balaban J connectivity index is 0.00000420. The van der Waals surface area contributed by atoms with Gasteiger partial charge in [0.25, 0.3) is 0 Å². The summed E-state index contributed by atoms with van der Waals surface area (Å²) in [4.78, 5) is 25.9. The number of aryl methyl sites for hydroxylation is 1. The number of hydrogen-bond acceptors (Lipinski definition) is 3. The molecule has 3 nitrogen and oxygen atoms in total. The third-order valence-corrected chi connectivity index (χ3v) is 5.38. The minimum Gasteiger partial charge on any atom is -0.344 e. The van der Waals surface area contributed by atoms with Crippen molar-refractivity contribution in [2.75, 3.05) is 0 Å². The molecule has 3 heteroatoms. The van der Waals surface area contributed by atoms with Crippen LogP contribution in [0.1, 0.15) is 96.7 Å². The number of carbonyl (C=O) groups is 2. The zero-order valence-electron chi connectivity index (χ0n) is 18.4. The maximum absolute atomic E-state index is 13.1. The maximum Gasteiger partial charge on any atom is 0.233 e. The standard InChI is InChI=1S/C26H34O2.H3N/c1-4-7-13-20-18-19-24(23(17-9-6-3)22(20)16-8-5-2)26(28)25(27)21-14-11-10-12-15-21;/h10-12,14-15,18-19H,4-9,13,16-17H2,1-3H3;1H3. The first-order valence-electron chi connectivity index (χ1n) is 10.9. The maximum atomic E-state index is 13.1. The molecule has 29 heavy (non-hydrogen) atoms. The topological polar surface area (TPSA) is 69.1 Å². The van der Waals surface area contributed by atoms with Gasteiger partial charge in [-0.2, -0.15) is 0 Å². The van der Waals surface area contributed by atoms with Crippen molar-refractivity contribution < 1.29 is 9.59 Å². The normalized spacial score (nSPS) is 10.4. The molecule has 2 aromatic rings. The summed E-state index contributed by atoms with van der Waals surface area (Å²) in [5.74, 6) is -0.766. The highest BCUT2D eigenvalue weighted by Gasteiger charge is 2.23. The van der Waals surface area contributed by atoms with E-state index in [1.165, 1.54) is 11.1 Å². The van der Waals surface area contributed by atoms with Crippen LogP contribution in [0.2, 0.25) is 0 Å². The van der Waals surface area contributed by atoms with Crippen LogP contribution in [0, 0.1) is 0 Å². The summed E-state index contributed by atoms with van der Waals surface area (Å²) in [5, 5.41) is 0. The summed E-state index contributed by atoms with van der Waals surface area (Å²) in [7, 11) is 0. The molecule has 158 valence electrons. The van der Waals surface area contributed by atoms with Crippen molar-refractivity contribution in [2.24, 2.45) is 0 Å². The van der Waals surface area contributed by atoms with Crippen molar-refractivity contribution in [1.82, 2.24) is 6.15 Å². The summed E-state index contributed by atoms with van der Waals surface area (Å²) in [5.41, 5.74) is 4.91. The Bertz CT molecular complexity index is 781. The van der Waals surface area contributed by atoms with Crippen LogP contribution in [0.25, 0.3) is 0 Å². The van der Waals surface area contributed by atoms with Crippen LogP contribution >= 0.6 is 0 Å². The summed E-state index contributed by atoms with van der Waals surface area (Å²) in [6.07, 6.45) is 9.59. The fraction of sp³-hybridized carbons (Fsp3) is 0.462. The van der Waals surface area contributed by atoms with Gasteiger partial charge >= 0.3 is 0 Å². The third-order valence-electron chi connectivity index (χ3n) is 5.38. The van der Waals surface area contributed by atoms with E-state index in [1.807, 2.05) is 12.1 Å². The van der Waals surface area contributed by atoms with E-state index in [0.29, 0.717) is 11.1 Å². The first-order chi connectivity index (χ1) is 13.6. The van der Waals surface area contributed by atoms with Gasteiger partial charge in [0.15, 0.2) is 0 Å². The van der Waals surface area contributed by atoms with E-state index in [0.717, 1.165) is 63.4 Å². The monoisotopic (exact) mass is 395 g/mol. The number of carbonyl (C=O) groups excluding carboxylic acids is 2. The number of rotatable bonds is 12. The molecule has 0 spiro atoms. The Labute approximate surface area is 176 Å². The molecule has 0 aliphatic carbocycles. The molecule has 0 aliphatic heterocycles. The lowest BCUT2D eigenvalue weighted by atomic mass is 9.85. The van der Waals surface area contributed by atoms with Crippen LogP contribution < -0.4 is 6.15 Å². The van der Waals surface area contributed by atoms with E-state index in [2.05, 4.69) is 26.8 Å². The lowest BCUT2D eigenvalue weighted by Crippen LogP contribution is -2.18. The first kappa shape index (κ1) is 24.8. The lowest BCUT2D eigenvalue weighted by molar-refractivity contribution is 0.0816. The molecule has 2 aromatic carbocycles. The molecule has 3 N–H and O–H groups in total. The minimum absolute atomic E-state index is 0. The van der Waals surface area contributed by atoms with Crippen molar-refractivity contribution in [3.8, 4) is 0 Å². The van der Waals surface area contributed by atoms with Gasteiger partial charge in [0.1, 0.15) is 0 Å². The lowest BCUT2D eigenvalue weighted by Gasteiger charge is -2.18. The Hall–Kier alpha value is -2.26. The Morgan fingerprint density at radius 3 is 1.79 bits per heavy atom. The summed E-state index contributed by atoms with van der Waals surface area (Å²) in [6.45, 7) is 6.58. The van der Waals surface area contributed by atoms with Gasteiger partial charge in [-0.1, -0.05) is 82.5 Å². The van der Waals surface area contributed by atoms with E-state index >= 15 is 0 Å². The summed E-state index contributed by atoms with van der Waals surface area (Å²) < 4.78 is 0. The Morgan fingerprint density at radius 2 is 1.21 bits per heavy atom. The van der Waals surface area contributed by atoms with Gasteiger partial charge in [-0.05, 0) is 55.2 Å². The van der Waals surface area contributed by atoms with E-state index < -0.39 is 5.78 Å². The van der Waals surface area contributed by atoms with Gasteiger partial charge in [-0.15, -0.1) is 0 Å². The average Bonchev–Trinajstić information content (AvgIpc) is 2.74. The Kier molecular flexibility index (Phi) is 11.2. The number of hydrogen-bond donors (Lipinski definition) is 1. The minimum atomic E-state index is -0.402. The van der Waals surface area contributed by atoms with Crippen molar-refractivity contribution in [3.63, 3.8) is 0 Å². The van der Waals surface area contributed by atoms with Crippen molar-refractivity contribution in [2.45, 2.75) is 78.6 Å². The smallest absolute Gasteiger partial charge is 0.233 e.